The van der Waals surface area contributed by atoms with Crippen molar-refractivity contribution in [2.24, 2.45) is 5.92 Å². The molecule has 0 amide bonds. The van der Waals surface area contributed by atoms with Crippen molar-refractivity contribution in [2.45, 2.75) is 57.1 Å². The Balaban J connectivity index is 1.65. The standard InChI is InChI=1S/C21H24N4O5/c1-11-8-21(11,18-23-19(28)30-24-18)25-15(17(26)27)7-13-6-14(22-10-16(13)25)12-4-5-29-20(2,3)9-12/h6-7,10-12H,4-5,8-9H2,1-3H3,(H,26,27)(H,23,24,28)/t11-,12?,21-/m0/s1. The second-order valence-electron chi connectivity index (χ2n) is 9.11. The summed E-state index contributed by atoms with van der Waals surface area (Å²) >= 11 is 0. The lowest BCUT2D eigenvalue weighted by Gasteiger charge is -2.35. The number of aromatic nitrogens is 4. The van der Waals surface area contributed by atoms with Crippen molar-refractivity contribution in [3.05, 3.63) is 46.1 Å². The molecule has 1 saturated carbocycles. The van der Waals surface area contributed by atoms with Crippen molar-refractivity contribution >= 4 is 16.9 Å². The SMILES string of the molecule is C[C@H]1C[C@]1(c1noc(=O)[nH]1)n1c(C(=O)O)cc2cc(C3CCOC(C)(C)C3)ncc21. The zero-order valence-corrected chi connectivity index (χ0v) is 17.1. The number of hydrogen-bond acceptors (Lipinski definition) is 6. The van der Waals surface area contributed by atoms with E-state index in [0.717, 1.165) is 23.9 Å². The summed E-state index contributed by atoms with van der Waals surface area (Å²) in [6.07, 6.45) is 4.13. The molecular formula is C21H24N4O5. The van der Waals surface area contributed by atoms with Gasteiger partial charge in [0.05, 0.1) is 17.3 Å². The van der Waals surface area contributed by atoms with Crippen LogP contribution >= 0.6 is 0 Å². The summed E-state index contributed by atoms with van der Waals surface area (Å²) in [6, 6.07) is 3.66. The molecule has 2 aliphatic rings. The molecule has 0 radical (unpaired) electrons. The normalized spacial score (nSPS) is 28.0. The summed E-state index contributed by atoms with van der Waals surface area (Å²) in [5.74, 6) is -1.00. The van der Waals surface area contributed by atoms with Gasteiger partial charge in [-0.1, -0.05) is 12.1 Å². The van der Waals surface area contributed by atoms with Gasteiger partial charge in [-0.25, -0.2) is 9.59 Å². The number of nitrogens with one attached hydrogen (secondary N) is 1. The van der Waals surface area contributed by atoms with Gasteiger partial charge in [0.2, 0.25) is 0 Å². The van der Waals surface area contributed by atoms with E-state index in [2.05, 4.69) is 24.0 Å². The van der Waals surface area contributed by atoms with Gasteiger partial charge in [-0.15, -0.1) is 0 Å². The summed E-state index contributed by atoms with van der Waals surface area (Å²) in [5, 5.41) is 14.6. The van der Waals surface area contributed by atoms with Crippen LogP contribution in [0.4, 0.5) is 0 Å². The second-order valence-corrected chi connectivity index (χ2v) is 9.11. The molecule has 0 aromatic carbocycles. The van der Waals surface area contributed by atoms with Crippen molar-refractivity contribution in [3.8, 4) is 0 Å². The van der Waals surface area contributed by atoms with Crippen LogP contribution in [0, 0.1) is 5.92 Å². The largest absolute Gasteiger partial charge is 0.477 e. The van der Waals surface area contributed by atoms with E-state index >= 15 is 0 Å². The molecule has 5 rings (SSSR count). The summed E-state index contributed by atoms with van der Waals surface area (Å²) in [4.78, 5) is 31.0. The summed E-state index contributed by atoms with van der Waals surface area (Å²) < 4.78 is 12.3. The first-order chi connectivity index (χ1) is 14.2. The molecule has 3 aromatic rings. The first-order valence-corrected chi connectivity index (χ1v) is 10.2. The lowest BCUT2D eigenvalue weighted by Crippen LogP contribution is -2.33. The number of pyridine rings is 1. The highest BCUT2D eigenvalue weighted by molar-refractivity contribution is 5.95. The quantitative estimate of drug-likeness (QED) is 0.675. The summed E-state index contributed by atoms with van der Waals surface area (Å²) in [5.41, 5.74) is 0.830. The van der Waals surface area contributed by atoms with E-state index in [1.54, 1.807) is 16.8 Å². The van der Waals surface area contributed by atoms with Crippen molar-refractivity contribution in [1.82, 2.24) is 19.7 Å². The Hall–Kier alpha value is -2.94. The number of aromatic amines is 1. The van der Waals surface area contributed by atoms with E-state index in [9.17, 15) is 14.7 Å². The number of carboxylic acids is 1. The number of carbonyl (C=O) groups is 1. The smallest absolute Gasteiger partial charge is 0.438 e. The van der Waals surface area contributed by atoms with Crippen molar-refractivity contribution in [3.63, 3.8) is 0 Å². The van der Waals surface area contributed by atoms with Crippen molar-refractivity contribution in [1.29, 1.82) is 0 Å². The van der Waals surface area contributed by atoms with E-state index in [0.29, 0.717) is 24.4 Å². The Morgan fingerprint density at radius 3 is 2.70 bits per heavy atom. The molecule has 1 aliphatic carbocycles. The molecule has 1 saturated heterocycles. The molecule has 0 spiro atoms. The highest BCUT2D eigenvalue weighted by Crippen LogP contribution is 2.55. The molecular weight excluding hydrogens is 388 g/mol. The molecule has 2 fully saturated rings. The van der Waals surface area contributed by atoms with Gasteiger partial charge in [0, 0.05) is 23.6 Å². The molecule has 9 heteroatoms. The third kappa shape index (κ3) is 2.79. The first kappa shape index (κ1) is 19.0. The molecule has 158 valence electrons. The van der Waals surface area contributed by atoms with Gasteiger partial charge in [0.1, 0.15) is 11.2 Å². The Morgan fingerprint density at radius 1 is 1.33 bits per heavy atom. The number of carboxylic acid groups (broad SMARTS) is 1. The average molecular weight is 412 g/mol. The number of H-pyrrole nitrogens is 1. The van der Waals surface area contributed by atoms with Crippen LogP contribution in [0.15, 0.2) is 27.6 Å². The van der Waals surface area contributed by atoms with Crippen LogP contribution < -0.4 is 5.76 Å². The van der Waals surface area contributed by atoms with E-state index < -0.39 is 17.3 Å². The Labute approximate surface area is 172 Å². The van der Waals surface area contributed by atoms with Crippen LogP contribution in [0.2, 0.25) is 0 Å². The maximum atomic E-state index is 12.1. The van der Waals surface area contributed by atoms with E-state index in [1.165, 1.54) is 0 Å². The van der Waals surface area contributed by atoms with Crippen molar-refractivity contribution in [2.75, 3.05) is 6.61 Å². The van der Waals surface area contributed by atoms with E-state index in [-0.39, 0.29) is 23.1 Å². The van der Waals surface area contributed by atoms with E-state index in [1.807, 2.05) is 13.0 Å². The zero-order chi connectivity index (χ0) is 21.3. The lowest BCUT2D eigenvalue weighted by molar-refractivity contribution is -0.0597. The van der Waals surface area contributed by atoms with Gasteiger partial charge >= 0.3 is 11.7 Å². The molecule has 1 unspecified atom stereocenters. The monoisotopic (exact) mass is 412 g/mol. The molecule has 0 bridgehead atoms. The molecule has 4 heterocycles. The third-order valence-corrected chi connectivity index (χ3v) is 6.57. The third-order valence-electron chi connectivity index (χ3n) is 6.57. The number of fused-ring (bicyclic) bond motifs is 1. The highest BCUT2D eigenvalue weighted by Gasteiger charge is 2.59. The maximum Gasteiger partial charge on any atom is 0.438 e. The fraction of sp³-hybridized carbons (Fsp3) is 0.524. The van der Waals surface area contributed by atoms with Gasteiger partial charge in [0.25, 0.3) is 0 Å². The van der Waals surface area contributed by atoms with Crippen LogP contribution in [0.25, 0.3) is 10.9 Å². The summed E-state index contributed by atoms with van der Waals surface area (Å²) in [7, 11) is 0. The molecule has 3 aromatic heterocycles. The Kier molecular flexibility index (Phi) is 3.99. The van der Waals surface area contributed by atoms with Gasteiger partial charge < -0.3 is 14.4 Å². The zero-order valence-electron chi connectivity index (χ0n) is 17.1. The molecule has 9 nitrogen and oxygen atoms in total. The summed E-state index contributed by atoms with van der Waals surface area (Å²) in [6.45, 7) is 6.83. The van der Waals surface area contributed by atoms with Gasteiger partial charge in [-0.2, -0.15) is 0 Å². The Bertz CT molecular complexity index is 1210. The number of rotatable bonds is 4. The van der Waals surface area contributed by atoms with Crippen LogP contribution in [0.5, 0.6) is 0 Å². The predicted molar refractivity (Wildman–Crippen MR) is 107 cm³/mol. The lowest BCUT2D eigenvalue weighted by atomic mass is 9.86. The van der Waals surface area contributed by atoms with Crippen LogP contribution in [-0.4, -0.2) is 43.0 Å². The Morgan fingerprint density at radius 2 is 2.10 bits per heavy atom. The number of aromatic carboxylic acids is 1. The molecule has 3 atom stereocenters. The number of nitrogens with zero attached hydrogens (tertiary/aromatic N) is 3. The first-order valence-electron chi connectivity index (χ1n) is 10.2. The van der Waals surface area contributed by atoms with Gasteiger partial charge in [0.15, 0.2) is 5.82 Å². The minimum absolute atomic E-state index is 0.0860. The minimum atomic E-state index is -1.04. The number of ether oxygens (including phenoxy) is 1. The minimum Gasteiger partial charge on any atom is -0.477 e. The van der Waals surface area contributed by atoms with E-state index in [4.69, 9.17) is 14.2 Å². The maximum absolute atomic E-state index is 12.1. The van der Waals surface area contributed by atoms with Crippen LogP contribution in [0.1, 0.15) is 68.0 Å². The fourth-order valence-electron chi connectivity index (χ4n) is 4.99. The molecule has 30 heavy (non-hydrogen) atoms. The molecule has 2 N–H and O–H groups in total. The predicted octanol–water partition coefficient (Wildman–Crippen LogP) is 2.87. The molecule has 1 aliphatic heterocycles. The highest BCUT2D eigenvalue weighted by atomic mass is 16.5. The fourth-order valence-corrected chi connectivity index (χ4v) is 4.99. The van der Waals surface area contributed by atoms with Gasteiger partial charge in [-0.3, -0.25) is 14.5 Å². The second kappa shape index (κ2) is 6.28. The van der Waals surface area contributed by atoms with Gasteiger partial charge in [-0.05, 0) is 51.2 Å². The van der Waals surface area contributed by atoms with Crippen LogP contribution in [0.3, 0.4) is 0 Å². The van der Waals surface area contributed by atoms with Crippen molar-refractivity contribution < 1.29 is 19.2 Å². The van der Waals surface area contributed by atoms with Crippen LogP contribution in [-0.2, 0) is 10.3 Å². The topological polar surface area (TPSA) is 123 Å². The number of hydrogen-bond donors (Lipinski definition) is 2. The average Bonchev–Trinajstić information content (AvgIpc) is 3.03.